The second kappa shape index (κ2) is 7.00. The van der Waals surface area contributed by atoms with Crippen molar-refractivity contribution >= 4 is 0 Å². The monoisotopic (exact) mass is 330 g/mol. The van der Waals surface area contributed by atoms with Gasteiger partial charge in [0.25, 0.3) is 0 Å². The standard InChI is InChI=1S/C19H26N2O3/c1-23-14-6-7-15(17(13-14)24-2)18-16-5-3-4-8-19(16,22)9-11-21(18)12-10-20/h6-7,13,16,18,22H,3-5,8-9,11-12H2,1-2H3. The van der Waals surface area contributed by atoms with Crippen LogP contribution in [-0.2, 0) is 0 Å². The second-order valence-electron chi connectivity index (χ2n) is 6.89. The zero-order valence-corrected chi connectivity index (χ0v) is 14.5. The summed E-state index contributed by atoms with van der Waals surface area (Å²) >= 11 is 0. The quantitative estimate of drug-likeness (QED) is 0.860. The Morgan fingerprint density at radius 3 is 2.83 bits per heavy atom. The number of ether oxygens (including phenoxy) is 2. The molecule has 0 bridgehead atoms. The van der Waals surface area contributed by atoms with Gasteiger partial charge in [-0.2, -0.15) is 5.26 Å². The lowest BCUT2D eigenvalue weighted by atomic mass is 9.66. The Morgan fingerprint density at radius 1 is 1.29 bits per heavy atom. The third-order valence-electron chi connectivity index (χ3n) is 5.70. The summed E-state index contributed by atoms with van der Waals surface area (Å²) in [7, 11) is 3.29. The molecule has 1 aromatic carbocycles. The van der Waals surface area contributed by atoms with Crippen LogP contribution in [0.4, 0.5) is 0 Å². The zero-order valence-electron chi connectivity index (χ0n) is 14.5. The van der Waals surface area contributed by atoms with Crippen LogP contribution in [0.3, 0.4) is 0 Å². The maximum Gasteiger partial charge on any atom is 0.127 e. The molecule has 1 heterocycles. The average molecular weight is 330 g/mol. The molecule has 0 radical (unpaired) electrons. The van der Waals surface area contributed by atoms with Gasteiger partial charge >= 0.3 is 0 Å². The molecule has 1 saturated carbocycles. The highest BCUT2D eigenvalue weighted by molar-refractivity contribution is 5.43. The van der Waals surface area contributed by atoms with E-state index < -0.39 is 5.60 Å². The molecule has 1 aliphatic carbocycles. The number of nitriles is 1. The van der Waals surface area contributed by atoms with Gasteiger partial charge in [-0.25, -0.2) is 0 Å². The van der Waals surface area contributed by atoms with Gasteiger partial charge in [0.15, 0.2) is 0 Å². The molecule has 1 saturated heterocycles. The van der Waals surface area contributed by atoms with Gasteiger partial charge in [0.2, 0.25) is 0 Å². The first-order chi connectivity index (χ1) is 11.6. The van der Waals surface area contributed by atoms with Crippen molar-refractivity contribution in [2.24, 2.45) is 5.92 Å². The average Bonchev–Trinajstić information content (AvgIpc) is 2.61. The van der Waals surface area contributed by atoms with Gasteiger partial charge in [0.05, 0.1) is 32.4 Å². The van der Waals surface area contributed by atoms with Crippen molar-refractivity contribution in [2.45, 2.75) is 43.7 Å². The van der Waals surface area contributed by atoms with E-state index in [0.717, 1.165) is 55.7 Å². The highest BCUT2D eigenvalue weighted by atomic mass is 16.5. The lowest BCUT2D eigenvalue weighted by molar-refractivity contribution is -0.122. The summed E-state index contributed by atoms with van der Waals surface area (Å²) in [6.45, 7) is 1.10. The maximum absolute atomic E-state index is 11.2. The summed E-state index contributed by atoms with van der Waals surface area (Å²) < 4.78 is 10.9. The normalized spacial score (nSPS) is 30.2. The van der Waals surface area contributed by atoms with E-state index in [1.807, 2.05) is 18.2 Å². The Labute approximate surface area is 143 Å². The second-order valence-corrected chi connectivity index (χ2v) is 6.89. The first kappa shape index (κ1) is 17.1. The maximum atomic E-state index is 11.2. The van der Waals surface area contributed by atoms with Gasteiger partial charge < -0.3 is 14.6 Å². The Morgan fingerprint density at radius 2 is 2.12 bits per heavy atom. The Kier molecular flexibility index (Phi) is 4.98. The van der Waals surface area contributed by atoms with Crippen molar-refractivity contribution in [3.8, 4) is 17.6 Å². The molecule has 24 heavy (non-hydrogen) atoms. The molecule has 5 nitrogen and oxygen atoms in total. The first-order valence-corrected chi connectivity index (χ1v) is 8.68. The predicted molar refractivity (Wildman–Crippen MR) is 91.0 cm³/mol. The van der Waals surface area contributed by atoms with Gasteiger partial charge in [0.1, 0.15) is 11.5 Å². The van der Waals surface area contributed by atoms with Gasteiger partial charge in [0, 0.05) is 30.1 Å². The summed E-state index contributed by atoms with van der Waals surface area (Å²) in [4.78, 5) is 2.19. The van der Waals surface area contributed by atoms with E-state index in [2.05, 4.69) is 11.0 Å². The number of hydrogen-bond donors (Lipinski definition) is 1. The summed E-state index contributed by atoms with van der Waals surface area (Å²) in [6.07, 6.45) is 4.79. The third-order valence-corrected chi connectivity index (χ3v) is 5.70. The molecule has 3 atom stereocenters. The van der Waals surface area contributed by atoms with Crippen LogP contribution in [-0.4, -0.2) is 42.9 Å². The molecule has 1 N–H and O–H groups in total. The van der Waals surface area contributed by atoms with Crippen LogP contribution in [0, 0.1) is 17.2 Å². The summed E-state index contributed by atoms with van der Waals surface area (Å²) in [5.41, 5.74) is 0.415. The SMILES string of the molecule is COc1ccc(C2C3CCCCC3(O)CCN2CC#N)c(OC)c1. The van der Waals surface area contributed by atoms with Crippen LogP contribution in [0.25, 0.3) is 0 Å². The summed E-state index contributed by atoms with van der Waals surface area (Å²) in [5.74, 6) is 1.64. The summed E-state index contributed by atoms with van der Waals surface area (Å²) in [5, 5.41) is 20.4. The van der Waals surface area contributed by atoms with Crippen LogP contribution in [0.15, 0.2) is 18.2 Å². The van der Waals surface area contributed by atoms with Crippen molar-refractivity contribution in [2.75, 3.05) is 27.3 Å². The van der Waals surface area contributed by atoms with Crippen molar-refractivity contribution < 1.29 is 14.6 Å². The molecule has 5 heteroatoms. The fourth-order valence-corrected chi connectivity index (χ4v) is 4.49. The smallest absolute Gasteiger partial charge is 0.127 e. The van der Waals surface area contributed by atoms with E-state index in [4.69, 9.17) is 9.47 Å². The molecule has 0 amide bonds. The highest BCUT2D eigenvalue weighted by Crippen LogP contribution is 2.51. The fourth-order valence-electron chi connectivity index (χ4n) is 4.49. The highest BCUT2D eigenvalue weighted by Gasteiger charge is 2.49. The van der Waals surface area contributed by atoms with Crippen molar-refractivity contribution in [1.29, 1.82) is 5.26 Å². The Bertz CT molecular complexity index is 628. The fraction of sp³-hybridized carbons (Fsp3) is 0.632. The van der Waals surface area contributed by atoms with Crippen LogP contribution in [0.5, 0.6) is 11.5 Å². The lowest BCUT2D eigenvalue weighted by Gasteiger charge is -2.52. The molecule has 130 valence electrons. The molecule has 1 aliphatic heterocycles. The molecule has 3 unspecified atom stereocenters. The van der Waals surface area contributed by atoms with E-state index >= 15 is 0 Å². The molecule has 2 fully saturated rings. The van der Waals surface area contributed by atoms with E-state index in [9.17, 15) is 10.4 Å². The van der Waals surface area contributed by atoms with Crippen molar-refractivity contribution in [3.63, 3.8) is 0 Å². The van der Waals surface area contributed by atoms with Crippen LogP contribution < -0.4 is 9.47 Å². The zero-order chi connectivity index (χ0) is 17.2. The van der Waals surface area contributed by atoms with Crippen LogP contribution in [0.1, 0.15) is 43.7 Å². The largest absolute Gasteiger partial charge is 0.497 e. The number of nitrogens with zero attached hydrogens (tertiary/aromatic N) is 2. The van der Waals surface area contributed by atoms with E-state index in [1.165, 1.54) is 0 Å². The van der Waals surface area contributed by atoms with E-state index in [1.54, 1.807) is 14.2 Å². The number of fused-ring (bicyclic) bond motifs is 1. The molecule has 1 aromatic rings. The minimum Gasteiger partial charge on any atom is -0.497 e. The molecule has 0 spiro atoms. The Hall–Kier alpha value is -1.77. The van der Waals surface area contributed by atoms with Gasteiger partial charge in [-0.3, -0.25) is 4.90 Å². The first-order valence-electron chi connectivity index (χ1n) is 8.68. The van der Waals surface area contributed by atoms with Crippen molar-refractivity contribution in [1.82, 2.24) is 4.90 Å². The molecule has 3 rings (SSSR count). The number of rotatable bonds is 4. The Balaban J connectivity index is 2.04. The predicted octanol–water partition coefficient (Wildman–Crippen LogP) is 2.90. The topological polar surface area (TPSA) is 65.7 Å². The molecular formula is C19H26N2O3. The number of hydrogen-bond acceptors (Lipinski definition) is 5. The summed E-state index contributed by atoms with van der Waals surface area (Å²) in [6, 6.07) is 8.12. The molecule has 2 aliphatic rings. The van der Waals surface area contributed by atoms with Crippen LogP contribution >= 0.6 is 0 Å². The molecular weight excluding hydrogens is 304 g/mol. The third kappa shape index (κ3) is 2.97. The minimum atomic E-state index is -0.625. The van der Waals surface area contributed by atoms with E-state index in [0.29, 0.717) is 6.54 Å². The van der Waals surface area contributed by atoms with Crippen molar-refractivity contribution in [3.05, 3.63) is 23.8 Å². The number of aliphatic hydroxyl groups is 1. The number of methoxy groups -OCH3 is 2. The number of benzene rings is 1. The number of piperidine rings is 1. The van der Waals surface area contributed by atoms with Gasteiger partial charge in [-0.15, -0.1) is 0 Å². The van der Waals surface area contributed by atoms with Gasteiger partial charge in [-0.05, 0) is 25.3 Å². The van der Waals surface area contributed by atoms with Crippen LogP contribution in [0.2, 0.25) is 0 Å². The molecule has 0 aromatic heterocycles. The lowest BCUT2D eigenvalue weighted by Crippen LogP contribution is -2.54. The number of likely N-dealkylation sites (tertiary alicyclic amines) is 1. The van der Waals surface area contributed by atoms with E-state index in [-0.39, 0.29) is 12.0 Å². The minimum absolute atomic E-state index is 0.00422. The van der Waals surface area contributed by atoms with Gasteiger partial charge in [-0.1, -0.05) is 18.9 Å².